The minimum absolute atomic E-state index is 0.169. The van der Waals surface area contributed by atoms with Gasteiger partial charge in [-0.3, -0.25) is 4.79 Å². The molecular formula is C27H21F3N2O4. The summed E-state index contributed by atoms with van der Waals surface area (Å²) in [4.78, 5) is 29.1. The highest BCUT2D eigenvalue weighted by atomic mass is 19.1. The van der Waals surface area contributed by atoms with Crippen molar-refractivity contribution in [3.8, 4) is 11.5 Å². The lowest BCUT2D eigenvalue weighted by Crippen LogP contribution is -2.17. The van der Waals surface area contributed by atoms with Crippen molar-refractivity contribution < 1.29 is 27.5 Å². The lowest BCUT2D eigenvalue weighted by molar-refractivity contribution is 0.0692. The van der Waals surface area contributed by atoms with Crippen LogP contribution in [0.3, 0.4) is 0 Å². The monoisotopic (exact) mass is 494 g/mol. The average molecular weight is 494 g/mol. The first-order chi connectivity index (χ1) is 17.2. The summed E-state index contributed by atoms with van der Waals surface area (Å²) in [6.07, 6.45) is 3.26. The van der Waals surface area contributed by atoms with Gasteiger partial charge in [0.2, 0.25) is 0 Å². The Kier molecular flexibility index (Phi) is 5.78. The molecule has 0 fully saturated rings. The van der Waals surface area contributed by atoms with E-state index in [2.05, 4.69) is 10.3 Å². The molecule has 2 heterocycles. The molecule has 0 saturated carbocycles. The van der Waals surface area contributed by atoms with Crippen LogP contribution in [0.1, 0.15) is 52.0 Å². The first kappa shape index (κ1) is 23.6. The van der Waals surface area contributed by atoms with Gasteiger partial charge in [0.1, 0.15) is 34.3 Å². The smallest absolute Gasteiger partial charge is 0.340 e. The van der Waals surface area contributed by atoms with Gasteiger partial charge >= 0.3 is 5.97 Å². The Morgan fingerprint density at radius 3 is 2.58 bits per heavy atom. The van der Waals surface area contributed by atoms with Crippen molar-refractivity contribution in [2.45, 2.75) is 39.2 Å². The van der Waals surface area contributed by atoms with Gasteiger partial charge in [0, 0.05) is 11.1 Å². The minimum Gasteiger partial charge on any atom is -0.478 e. The van der Waals surface area contributed by atoms with E-state index in [-0.39, 0.29) is 22.5 Å². The zero-order chi connectivity index (χ0) is 25.7. The number of anilines is 1. The third-order valence-electron chi connectivity index (χ3n) is 6.59. The highest BCUT2D eigenvalue weighted by molar-refractivity contribution is 5.95. The van der Waals surface area contributed by atoms with Gasteiger partial charge in [-0.15, -0.1) is 0 Å². The summed E-state index contributed by atoms with van der Waals surface area (Å²) in [6, 6.07) is 5.26. The van der Waals surface area contributed by atoms with Crippen LogP contribution in [0.4, 0.5) is 18.9 Å². The number of nitrogens with zero attached hydrogens (tertiary/aromatic N) is 1. The normalized spacial score (nSPS) is 13.6. The van der Waals surface area contributed by atoms with Crippen LogP contribution in [-0.4, -0.2) is 16.1 Å². The topological polar surface area (TPSA) is 92.4 Å². The number of aromatic nitrogens is 1. The summed E-state index contributed by atoms with van der Waals surface area (Å²) in [5.74, 6) is -3.99. The van der Waals surface area contributed by atoms with Crippen LogP contribution < -0.4 is 10.7 Å². The number of aromatic carboxylic acids is 1. The number of hydrogen-bond acceptors (Lipinski definition) is 5. The van der Waals surface area contributed by atoms with Crippen molar-refractivity contribution in [1.29, 1.82) is 0 Å². The first-order valence-electron chi connectivity index (χ1n) is 11.4. The van der Waals surface area contributed by atoms with Gasteiger partial charge in [-0.25, -0.2) is 22.9 Å². The molecular weight excluding hydrogens is 473 g/mol. The molecule has 1 aliphatic carbocycles. The molecule has 6 nitrogen and oxygen atoms in total. The average Bonchev–Trinajstić information content (AvgIpc) is 3.31. The zero-order valence-electron chi connectivity index (χ0n) is 19.4. The summed E-state index contributed by atoms with van der Waals surface area (Å²) in [6.45, 7) is 3.26. The Labute approximate surface area is 203 Å². The molecule has 0 saturated heterocycles. The number of carbonyl (C=O) groups is 1. The summed E-state index contributed by atoms with van der Waals surface area (Å²) in [5, 5.41) is 12.6. The molecule has 2 aromatic carbocycles. The van der Waals surface area contributed by atoms with Gasteiger partial charge in [-0.2, -0.15) is 0 Å². The summed E-state index contributed by atoms with van der Waals surface area (Å²) >= 11 is 0. The Morgan fingerprint density at radius 1 is 1.14 bits per heavy atom. The fourth-order valence-corrected chi connectivity index (χ4v) is 4.92. The third kappa shape index (κ3) is 3.80. The highest BCUT2D eigenvalue weighted by Gasteiger charge is 2.28. The van der Waals surface area contributed by atoms with E-state index < -0.39 is 40.7 Å². The molecule has 0 bridgehead atoms. The maximum absolute atomic E-state index is 14.7. The number of carboxylic acids is 1. The van der Waals surface area contributed by atoms with Gasteiger partial charge in [0.25, 0.3) is 0 Å². The molecule has 0 amide bonds. The van der Waals surface area contributed by atoms with Gasteiger partial charge in [0.05, 0.1) is 23.3 Å². The Balaban J connectivity index is 1.75. The number of benzene rings is 2. The molecule has 4 aromatic rings. The van der Waals surface area contributed by atoms with Crippen LogP contribution in [0.5, 0.6) is 0 Å². The van der Waals surface area contributed by atoms with E-state index in [1.807, 2.05) is 0 Å². The van der Waals surface area contributed by atoms with E-state index in [4.69, 9.17) is 4.42 Å². The molecule has 1 atom stereocenters. The first-order valence-corrected chi connectivity index (χ1v) is 11.4. The van der Waals surface area contributed by atoms with Crippen LogP contribution in [-0.2, 0) is 12.8 Å². The second kappa shape index (κ2) is 8.82. The summed E-state index contributed by atoms with van der Waals surface area (Å²) in [7, 11) is 0. The number of hydrogen-bond donors (Lipinski definition) is 2. The molecule has 0 aliphatic heterocycles. The van der Waals surface area contributed by atoms with Gasteiger partial charge in [-0.1, -0.05) is 0 Å². The molecule has 5 rings (SSSR count). The number of pyridine rings is 1. The van der Waals surface area contributed by atoms with E-state index in [0.717, 1.165) is 42.3 Å². The van der Waals surface area contributed by atoms with Crippen LogP contribution in [0.15, 0.2) is 45.7 Å². The van der Waals surface area contributed by atoms with Crippen molar-refractivity contribution in [2.75, 3.05) is 5.32 Å². The number of halogens is 3. The van der Waals surface area contributed by atoms with Crippen LogP contribution in [0, 0.1) is 24.4 Å². The van der Waals surface area contributed by atoms with Crippen LogP contribution in [0.2, 0.25) is 0 Å². The standard InChI is InChI=1S/C27H21F3N2O4/c1-12-24(33)17-10-14-4-3-5-16(14)21(26(17)36-25(12)20-9-6-15(28)11-31-20)13(2)32-23-19(30)8-7-18(29)22(23)27(34)35/h6-11,13,32H,3-5H2,1-2H3,(H,34,35). The molecule has 1 unspecified atom stereocenters. The number of rotatable bonds is 5. The molecule has 9 heteroatoms. The van der Waals surface area contributed by atoms with Crippen molar-refractivity contribution in [2.24, 2.45) is 0 Å². The second-order valence-electron chi connectivity index (χ2n) is 8.86. The fraction of sp³-hybridized carbons (Fsp3) is 0.222. The third-order valence-corrected chi connectivity index (χ3v) is 6.59. The van der Waals surface area contributed by atoms with Crippen molar-refractivity contribution in [1.82, 2.24) is 4.98 Å². The Bertz CT molecular complexity index is 1600. The summed E-state index contributed by atoms with van der Waals surface area (Å²) < 4.78 is 48.7. The van der Waals surface area contributed by atoms with Crippen LogP contribution in [0.25, 0.3) is 22.4 Å². The van der Waals surface area contributed by atoms with Gasteiger partial charge in [-0.05, 0) is 74.6 Å². The predicted octanol–water partition coefficient (Wildman–Crippen LogP) is 5.94. The number of fused-ring (bicyclic) bond motifs is 2. The van der Waals surface area contributed by atoms with E-state index in [9.17, 15) is 27.9 Å². The largest absolute Gasteiger partial charge is 0.478 e. The number of aryl methyl sites for hydroxylation is 1. The molecule has 0 radical (unpaired) electrons. The lowest BCUT2D eigenvalue weighted by atomic mass is 9.93. The minimum atomic E-state index is -1.61. The van der Waals surface area contributed by atoms with Gasteiger partial charge < -0.3 is 14.8 Å². The quantitative estimate of drug-likeness (QED) is 0.357. The molecule has 2 N–H and O–H groups in total. The second-order valence-corrected chi connectivity index (χ2v) is 8.86. The van der Waals surface area contributed by atoms with E-state index in [1.165, 1.54) is 12.1 Å². The molecule has 2 aromatic heterocycles. The zero-order valence-corrected chi connectivity index (χ0v) is 19.4. The van der Waals surface area contributed by atoms with E-state index in [0.29, 0.717) is 22.9 Å². The maximum Gasteiger partial charge on any atom is 0.340 e. The van der Waals surface area contributed by atoms with Gasteiger partial charge in [0.15, 0.2) is 11.2 Å². The predicted molar refractivity (Wildman–Crippen MR) is 128 cm³/mol. The van der Waals surface area contributed by atoms with Crippen molar-refractivity contribution in [3.05, 3.63) is 92.0 Å². The lowest BCUT2D eigenvalue weighted by Gasteiger charge is -2.22. The number of carboxylic acid groups (broad SMARTS) is 1. The highest BCUT2D eigenvalue weighted by Crippen LogP contribution is 2.39. The molecule has 184 valence electrons. The molecule has 0 spiro atoms. The summed E-state index contributed by atoms with van der Waals surface area (Å²) in [5.41, 5.74) is 1.62. The van der Waals surface area contributed by atoms with E-state index >= 15 is 0 Å². The maximum atomic E-state index is 14.7. The molecule has 36 heavy (non-hydrogen) atoms. The Hall–Kier alpha value is -4.14. The molecule has 1 aliphatic rings. The van der Waals surface area contributed by atoms with Crippen molar-refractivity contribution >= 4 is 22.6 Å². The van der Waals surface area contributed by atoms with Crippen molar-refractivity contribution in [3.63, 3.8) is 0 Å². The fourth-order valence-electron chi connectivity index (χ4n) is 4.92. The SMILES string of the molecule is Cc1c(-c2ccc(F)cn2)oc2c(C(C)Nc3c(F)ccc(F)c3C(=O)O)c3c(cc2c1=O)CCC3. The van der Waals surface area contributed by atoms with E-state index in [1.54, 1.807) is 19.9 Å². The number of nitrogens with one attached hydrogen (secondary N) is 1. The Morgan fingerprint density at radius 2 is 1.89 bits per heavy atom. The van der Waals surface area contributed by atoms with Crippen LogP contribution >= 0.6 is 0 Å².